The summed E-state index contributed by atoms with van der Waals surface area (Å²) in [4.78, 5) is 0. The molecular weight excluding hydrogens is 220 g/mol. The fraction of sp³-hybridized carbons (Fsp3) is 0.429. The van der Waals surface area contributed by atoms with Crippen molar-refractivity contribution in [3.8, 4) is 12.3 Å². The van der Waals surface area contributed by atoms with Crippen LogP contribution in [0.5, 0.6) is 0 Å². The van der Waals surface area contributed by atoms with Gasteiger partial charge in [-0.05, 0) is 37.1 Å². The first-order chi connectivity index (χ1) is 8.17. The van der Waals surface area contributed by atoms with Crippen LogP contribution < -0.4 is 5.32 Å². The molecule has 1 aromatic rings. The Labute approximate surface area is 101 Å². The lowest BCUT2D eigenvalue weighted by Crippen LogP contribution is -2.22. The summed E-state index contributed by atoms with van der Waals surface area (Å²) in [5.74, 6) is 1.44. The molecule has 0 fully saturated rings. The van der Waals surface area contributed by atoms with Crippen LogP contribution in [0.15, 0.2) is 18.2 Å². The Bertz CT molecular complexity index is 375. The number of hydrogen-bond donors (Lipinski definition) is 1. The van der Waals surface area contributed by atoms with Crippen LogP contribution >= 0.6 is 0 Å². The van der Waals surface area contributed by atoms with Crippen LogP contribution in [-0.2, 0) is 0 Å². The lowest BCUT2D eigenvalue weighted by molar-refractivity contribution is 0.495. The minimum Gasteiger partial charge on any atom is -0.310 e. The molecule has 1 unspecified atom stereocenters. The highest BCUT2D eigenvalue weighted by Crippen LogP contribution is 2.20. The highest BCUT2D eigenvalue weighted by Gasteiger charge is 2.12. The van der Waals surface area contributed by atoms with E-state index < -0.39 is 11.6 Å². The van der Waals surface area contributed by atoms with Crippen molar-refractivity contribution in [1.29, 1.82) is 0 Å². The third-order valence-electron chi connectivity index (χ3n) is 2.51. The molecule has 17 heavy (non-hydrogen) atoms. The third kappa shape index (κ3) is 4.54. The fourth-order valence-electron chi connectivity index (χ4n) is 1.71. The van der Waals surface area contributed by atoms with Crippen molar-refractivity contribution in [2.45, 2.75) is 32.2 Å². The monoisotopic (exact) mass is 237 g/mol. The van der Waals surface area contributed by atoms with Crippen LogP contribution in [0.25, 0.3) is 0 Å². The van der Waals surface area contributed by atoms with Gasteiger partial charge in [0, 0.05) is 18.5 Å². The van der Waals surface area contributed by atoms with Crippen LogP contribution in [-0.4, -0.2) is 6.54 Å². The summed E-state index contributed by atoms with van der Waals surface area (Å²) in [6, 6.07) is 3.50. The van der Waals surface area contributed by atoms with Crippen molar-refractivity contribution in [1.82, 2.24) is 5.32 Å². The zero-order valence-corrected chi connectivity index (χ0v) is 9.97. The molecule has 1 N–H and O–H groups in total. The molecule has 0 aliphatic heterocycles. The average molecular weight is 237 g/mol. The van der Waals surface area contributed by atoms with Crippen molar-refractivity contribution in [2.24, 2.45) is 0 Å². The molecule has 0 radical (unpaired) electrons. The Morgan fingerprint density at radius 3 is 2.47 bits per heavy atom. The zero-order valence-electron chi connectivity index (χ0n) is 9.97. The van der Waals surface area contributed by atoms with Gasteiger partial charge in [-0.25, -0.2) is 8.78 Å². The highest BCUT2D eigenvalue weighted by atomic mass is 19.1. The van der Waals surface area contributed by atoms with Crippen LogP contribution in [0.3, 0.4) is 0 Å². The number of hydrogen-bond acceptors (Lipinski definition) is 1. The molecule has 1 rings (SSSR count). The number of benzene rings is 1. The molecule has 0 saturated carbocycles. The second-order valence-electron chi connectivity index (χ2n) is 3.95. The van der Waals surface area contributed by atoms with E-state index >= 15 is 0 Å². The lowest BCUT2D eigenvalue weighted by atomic mass is 10.0. The van der Waals surface area contributed by atoms with Gasteiger partial charge < -0.3 is 5.32 Å². The van der Waals surface area contributed by atoms with Crippen molar-refractivity contribution in [3.63, 3.8) is 0 Å². The van der Waals surface area contributed by atoms with Crippen molar-refractivity contribution >= 4 is 0 Å². The van der Waals surface area contributed by atoms with E-state index in [1.807, 2.05) is 6.92 Å². The molecule has 1 nitrogen and oxygen atoms in total. The summed E-state index contributed by atoms with van der Waals surface area (Å²) >= 11 is 0. The maximum atomic E-state index is 13.1. The average Bonchev–Trinajstić information content (AvgIpc) is 2.28. The van der Waals surface area contributed by atoms with E-state index in [4.69, 9.17) is 6.42 Å². The molecule has 3 heteroatoms. The molecule has 1 atom stereocenters. The van der Waals surface area contributed by atoms with Crippen LogP contribution in [0, 0.1) is 24.0 Å². The standard InChI is InChI=1S/C14H17F2N/c1-3-5-6-14(17-7-4-2)11-8-12(15)10-13(16)9-11/h1,8-10,14,17H,4-7H2,2H3. The van der Waals surface area contributed by atoms with Crippen LogP contribution in [0.1, 0.15) is 37.8 Å². The molecule has 0 amide bonds. The van der Waals surface area contributed by atoms with E-state index in [9.17, 15) is 8.78 Å². The van der Waals surface area contributed by atoms with Gasteiger partial charge in [0.1, 0.15) is 11.6 Å². The summed E-state index contributed by atoms with van der Waals surface area (Å²) in [6.45, 7) is 2.84. The Kier molecular flexibility index (Phi) is 5.65. The highest BCUT2D eigenvalue weighted by molar-refractivity contribution is 5.21. The minimum absolute atomic E-state index is 0.0869. The summed E-state index contributed by atoms with van der Waals surface area (Å²) in [5, 5.41) is 3.25. The molecule has 92 valence electrons. The topological polar surface area (TPSA) is 12.0 Å². The minimum atomic E-state index is -0.552. The number of rotatable bonds is 6. The third-order valence-corrected chi connectivity index (χ3v) is 2.51. The van der Waals surface area contributed by atoms with Gasteiger partial charge in [0.25, 0.3) is 0 Å². The molecule has 0 heterocycles. The van der Waals surface area contributed by atoms with Crippen molar-refractivity contribution in [2.75, 3.05) is 6.54 Å². The van der Waals surface area contributed by atoms with E-state index in [1.54, 1.807) is 0 Å². The van der Waals surface area contributed by atoms with E-state index in [2.05, 4.69) is 11.2 Å². The predicted octanol–water partition coefficient (Wildman–Crippen LogP) is 3.42. The maximum absolute atomic E-state index is 13.1. The van der Waals surface area contributed by atoms with Gasteiger partial charge >= 0.3 is 0 Å². The quantitative estimate of drug-likeness (QED) is 0.747. The zero-order chi connectivity index (χ0) is 12.7. The number of terminal acetylenes is 1. The second kappa shape index (κ2) is 7.03. The van der Waals surface area contributed by atoms with Crippen molar-refractivity contribution < 1.29 is 8.78 Å². The Balaban J connectivity index is 2.83. The van der Waals surface area contributed by atoms with E-state index in [0.717, 1.165) is 19.0 Å². The first-order valence-electron chi connectivity index (χ1n) is 5.80. The van der Waals surface area contributed by atoms with Crippen LogP contribution in [0.2, 0.25) is 0 Å². The Morgan fingerprint density at radius 2 is 1.94 bits per heavy atom. The number of halogens is 2. The van der Waals surface area contributed by atoms with Gasteiger partial charge in [0.2, 0.25) is 0 Å². The van der Waals surface area contributed by atoms with E-state index in [1.165, 1.54) is 12.1 Å². The SMILES string of the molecule is C#CCCC(NCCC)c1cc(F)cc(F)c1. The van der Waals surface area contributed by atoms with Gasteiger partial charge in [-0.1, -0.05) is 6.92 Å². The molecule has 0 aliphatic rings. The van der Waals surface area contributed by atoms with Gasteiger partial charge in [-0.3, -0.25) is 0 Å². The summed E-state index contributed by atoms with van der Waals surface area (Å²) in [6.07, 6.45) is 7.44. The fourth-order valence-corrected chi connectivity index (χ4v) is 1.71. The molecule has 0 aliphatic carbocycles. The summed E-state index contributed by atoms with van der Waals surface area (Å²) < 4.78 is 26.2. The Morgan fingerprint density at radius 1 is 1.29 bits per heavy atom. The normalized spacial score (nSPS) is 12.1. The molecule has 0 spiro atoms. The first-order valence-corrected chi connectivity index (χ1v) is 5.80. The van der Waals surface area contributed by atoms with E-state index in [-0.39, 0.29) is 6.04 Å². The van der Waals surface area contributed by atoms with Gasteiger partial charge in [-0.2, -0.15) is 0 Å². The number of nitrogens with one attached hydrogen (secondary N) is 1. The molecule has 0 bridgehead atoms. The Hall–Kier alpha value is -1.40. The molecule has 1 aromatic carbocycles. The van der Waals surface area contributed by atoms with Gasteiger partial charge in [-0.15, -0.1) is 12.3 Å². The molecule has 0 saturated heterocycles. The van der Waals surface area contributed by atoms with E-state index in [0.29, 0.717) is 18.4 Å². The van der Waals surface area contributed by atoms with Crippen LogP contribution in [0.4, 0.5) is 8.78 Å². The molecule has 0 aromatic heterocycles. The molecular formula is C14H17F2N. The van der Waals surface area contributed by atoms with Crippen molar-refractivity contribution in [3.05, 3.63) is 35.4 Å². The summed E-state index contributed by atoms with van der Waals surface area (Å²) in [5.41, 5.74) is 0.617. The second-order valence-corrected chi connectivity index (χ2v) is 3.95. The van der Waals surface area contributed by atoms with Gasteiger partial charge in [0.15, 0.2) is 0 Å². The smallest absolute Gasteiger partial charge is 0.126 e. The lowest BCUT2D eigenvalue weighted by Gasteiger charge is -2.18. The first kappa shape index (κ1) is 13.7. The summed E-state index contributed by atoms with van der Waals surface area (Å²) in [7, 11) is 0. The maximum Gasteiger partial charge on any atom is 0.126 e. The largest absolute Gasteiger partial charge is 0.310 e. The predicted molar refractivity (Wildman–Crippen MR) is 65.5 cm³/mol. The van der Waals surface area contributed by atoms with Gasteiger partial charge in [0.05, 0.1) is 0 Å².